The Kier molecular flexibility index (Phi) is 6.45. The zero-order valence-electron chi connectivity index (χ0n) is 16.5. The van der Waals surface area contributed by atoms with Crippen molar-refractivity contribution in [3.63, 3.8) is 0 Å². The second-order valence-corrected chi connectivity index (χ2v) is 8.92. The predicted molar refractivity (Wildman–Crippen MR) is 120 cm³/mol. The molecule has 3 aromatic carbocycles. The molecule has 3 rings (SSSR count). The molecule has 0 bridgehead atoms. The van der Waals surface area contributed by atoms with E-state index in [-0.39, 0.29) is 16.5 Å². The van der Waals surface area contributed by atoms with E-state index in [0.717, 1.165) is 11.3 Å². The number of carbonyl (C=O) groups is 1. The van der Waals surface area contributed by atoms with Gasteiger partial charge in [-0.2, -0.15) is 0 Å². The maximum absolute atomic E-state index is 12.7. The van der Waals surface area contributed by atoms with Crippen LogP contribution in [0.3, 0.4) is 0 Å². The average molecular weight is 444 g/mol. The lowest BCUT2D eigenvalue weighted by Gasteiger charge is -2.17. The number of hydrogen-bond donors (Lipinski definition) is 3. The molecule has 1 atom stereocenters. The van der Waals surface area contributed by atoms with Crippen LogP contribution in [-0.4, -0.2) is 14.3 Å². The Morgan fingerprint density at radius 3 is 2.37 bits per heavy atom. The summed E-state index contributed by atoms with van der Waals surface area (Å²) in [7, 11) is -3.90. The Morgan fingerprint density at radius 2 is 1.73 bits per heavy atom. The fourth-order valence-electron chi connectivity index (χ4n) is 2.99. The summed E-state index contributed by atoms with van der Waals surface area (Å²) in [5, 5.41) is 11.7. The van der Waals surface area contributed by atoms with E-state index in [9.17, 15) is 13.2 Å². The molecule has 0 aliphatic rings. The SMILES string of the molecule is Cc1ccc(S(N)(=O)=O)cc1C(=O)Nc1ccc(NC(C)c2ccccc2)c(Cl)c1. The van der Waals surface area contributed by atoms with Crippen LogP contribution in [0.4, 0.5) is 11.4 Å². The average Bonchev–Trinajstić information content (AvgIpc) is 2.70. The fourth-order valence-corrected chi connectivity index (χ4v) is 3.76. The van der Waals surface area contributed by atoms with Gasteiger partial charge in [-0.05, 0) is 55.3 Å². The van der Waals surface area contributed by atoms with Gasteiger partial charge in [-0.3, -0.25) is 4.79 Å². The summed E-state index contributed by atoms with van der Waals surface area (Å²) in [5.41, 5.74) is 3.19. The van der Waals surface area contributed by atoms with Crippen molar-refractivity contribution in [2.75, 3.05) is 10.6 Å². The Bertz CT molecular complexity index is 1180. The van der Waals surface area contributed by atoms with E-state index < -0.39 is 15.9 Å². The number of anilines is 2. The van der Waals surface area contributed by atoms with Crippen molar-refractivity contribution < 1.29 is 13.2 Å². The standard InChI is InChI=1S/C22H22ClN3O3S/c1-14-8-10-18(30(24,28)29)13-19(14)22(27)26-17-9-11-21(20(23)12-17)25-15(2)16-6-4-3-5-7-16/h3-13,15,25H,1-2H3,(H,26,27)(H2,24,28,29). The van der Waals surface area contributed by atoms with Crippen molar-refractivity contribution in [1.29, 1.82) is 0 Å². The number of primary sulfonamides is 1. The second kappa shape index (κ2) is 8.87. The molecule has 0 saturated carbocycles. The number of amides is 1. The number of rotatable bonds is 6. The second-order valence-electron chi connectivity index (χ2n) is 6.95. The highest BCUT2D eigenvalue weighted by molar-refractivity contribution is 7.89. The number of nitrogens with two attached hydrogens (primary N) is 1. The molecule has 6 nitrogen and oxygen atoms in total. The molecule has 1 unspecified atom stereocenters. The lowest BCUT2D eigenvalue weighted by Crippen LogP contribution is -2.17. The van der Waals surface area contributed by atoms with Gasteiger partial charge >= 0.3 is 0 Å². The van der Waals surface area contributed by atoms with Crippen LogP contribution in [0, 0.1) is 6.92 Å². The van der Waals surface area contributed by atoms with Gasteiger partial charge in [0.2, 0.25) is 10.0 Å². The molecule has 8 heteroatoms. The first kappa shape index (κ1) is 21.8. The van der Waals surface area contributed by atoms with Gasteiger partial charge in [0.15, 0.2) is 0 Å². The summed E-state index contributed by atoms with van der Waals surface area (Å²) in [6.45, 7) is 3.75. The van der Waals surface area contributed by atoms with Gasteiger partial charge in [0.1, 0.15) is 0 Å². The molecule has 0 aromatic heterocycles. The number of hydrogen-bond acceptors (Lipinski definition) is 4. The Balaban J connectivity index is 1.77. The van der Waals surface area contributed by atoms with Gasteiger partial charge in [-0.15, -0.1) is 0 Å². The maximum atomic E-state index is 12.7. The predicted octanol–water partition coefficient (Wildman–Crippen LogP) is 4.72. The van der Waals surface area contributed by atoms with E-state index >= 15 is 0 Å². The summed E-state index contributed by atoms with van der Waals surface area (Å²) in [5.74, 6) is -0.451. The summed E-state index contributed by atoms with van der Waals surface area (Å²) in [6.07, 6.45) is 0. The van der Waals surface area contributed by atoms with Gasteiger partial charge < -0.3 is 10.6 Å². The molecule has 0 radical (unpaired) electrons. The highest BCUT2D eigenvalue weighted by Gasteiger charge is 2.16. The van der Waals surface area contributed by atoms with Crippen LogP contribution >= 0.6 is 11.6 Å². The van der Waals surface area contributed by atoms with Crippen LogP contribution < -0.4 is 15.8 Å². The molecular formula is C22H22ClN3O3S. The first-order valence-corrected chi connectivity index (χ1v) is 11.1. The van der Waals surface area contributed by atoms with E-state index in [4.69, 9.17) is 16.7 Å². The van der Waals surface area contributed by atoms with Crippen molar-refractivity contribution >= 4 is 38.9 Å². The topological polar surface area (TPSA) is 101 Å². The summed E-state index contributed by atoms with van der Waals surface area (Å²) >= 11 is 6.40. The lowest BCUT2D eigenvalue weighted by atomic mass is 10.1. The minimum Gasteiger partial charge on any atom is -0.377 e. The molecule has 0 fully saturated rings. The Morgan fingerprint density at radius 1 is 1.03 bits per heavy atom. The van der Waals surface area contributed by atoms with E-state index in [1.54, 1.807) is 31.2 Å². The van der Waals surface area contributed by atoms with Gasteiger partial charge in [0.05, 0.1) is 15.6 Å². The third-order valence-corrected chi connectivity index (χ3v) is 5.90. The van der Waals surface area contributed by atoms with Crippen molar-refractivity contribution in [3.05, 3.63) is 88.4 Å². The first-order chi connectivity index (χ1) is 14.1. The lowest BCUT2D eigenvalue weighted by molar-refractivity contribution is 0.102. The molecule has 0 spiro atoms. The molecule has 1 amide bonds. The van der Waals surface area contributed by atoms with Crippen LogP contribution in [0.2, 0.25) is 5.02 Å². The van der Waals surface area contributed by atoms with Crippen molar-refractivity contribution in [2.24, 2.45) is 5.14 Å². The van der Waals surface area contributed by atoms with Crippen molar-refractivity contribution in [2.45, 2.75) is 24.8 Å². The maximum Gasteiger partial charge on any atom is 0.255 e. The molecule has 0 aliphatic heterocycles. The van der Waals surface area contributed by atoms with E-state index in [0.29, 0.717) is 16.3 Å². The van der Waals surface area contributed by atoms with Crippen molar-refractivity contribution in [3.8, 4) is 0 Å². The summed E-state index contributed by atoms with van der Waals surface area (Å²) in [6, 6.07) is 19.3. The highest BCUT2D eigenvalue weighted by Crippen LogP contribution is 2.29. The van der Waals surface area contributed by atoms with E-state index in [1.807, 2.05) is 37.3 Å². The minimum atomic E-state index is -3.90. The van der Waals surface area contributed by atoms with E-state index in [2.05, 4.69) is 10.6 Å². The zero-order valence-corrected chi connectivity index (χ0v) is 18.1. The minimum absolute atomic E-state index is 0.0488. The Labute approximate surface area is 181 Å². The van der Waals surface area contributed by atoms with Crippen LogP contribution in [0.1, 0.15) is 34.5 Å². The highest BCUT2D eigenvalue weighted by atomic mass is 35.5. The largest absolute Gasteiger partial charge is 0.377 e. The smallest absolute Gasteiger partial charge is 0.255 e. The molecule has 3 aromatic rings. The molecule has 0 heterocycles. The van der Waals surface area contributed by atoms with E-state index in [1.165, 1.54) is 12.1 Å². The van der Waals surface area contributed by atoms with Crippen LogP contribution in [0.5, 0.6) is 0 Å². The summed E-state index contributed by atoms with van der Waals surface area (Å²) in [4.78, 5) is 12.5. The normalized spacial score (nSPS) is 12.3. The van der Waals surface area contributed by atoms with Crippen LogP contribution in [0.15, 0.2) is 71.6 Å². The monoisotopic (exact) mass is 443 g/mol. The molecule has 4 N–H and O–H groups in total. The third kappa shape index (κ3) is 5.18. The Hall–Kier alpha value is -2.87. The molecule has 0 saturated heterocycles. The number of benzene rings is 3. The van der Waals surface area contributed by atoms with Gasteiger partial charge in [-0.25, -0.2) is 13.6 Å². The third-order valence-electron chi connectivity index (χ3n) is 4.68. The number of sulfonamides is 1. The number of carbonyl (C=O) groups excluding carboxylic acids is 1. The van der Waals surface area contributed by atoms with Crippen molar-refractivity contribution in [1.82, 2.24) is 0 Å². The first-order valence-electron chi connectivity index (χ1n) is 9.21. The number of aryl methyl sites for hydroxylation is 1. The molecule has 0 aliphatic carbocycles. The van der Waals surface area contributed by atoms with Gasteiger partial charge in [0, 0.05) is 17.3 Å². The van der Waals surface area contributed by atoms with Gasteiger partial charge in [-0.1, -0.05) is 48.0 Å². The number of halogens is 1. The van der Waals surface area contributed by atoms with Gasteiger partial charge in [0.25, 0.3) is 5.91 Å². The molecular weight excluding hydrogens is 422 g/mol. The molecule has 156 valence electrons. The van der Waals surface area contributed by atoms with Crippen LogP contribution in [-0.2, 0) is 10.0 Å². The number of nitrogens with one attached hydrogen (secondary N) is 2. The zero-order chi connectivity index (χ0) is 21.9. The fraction of sp³-hybridized carbons (Fsp3) is 0.136. The summed E-state index contributed by atoms with van der Waals surface area (Å²) < 4.78 is 23.1. The quantitative estimate of drug-likeness (QED) is 0.513. The molecule has 30 heavy (non-hydrogen) atoms. The van der Waals surface area contributed by atoms with Crippen LogP contribution in [0.25, 0.3) is 0 Å².